The van der Waals surface area contributed by atoms with E-state index in [2.05, 4.69) is 5.32 Å². The minimum absolute atomic E-state index is 0.0254. The summed E-state index contributed by atoms with van der Waals surface area (Å²) in [5.74, 6) is -0.254. The molecular weight excluding hydrogens is 446 g/mol. The molecule has 5 nitrogen and oxygen atoms in total. The fourth-order valence-electron chi connectivity index (χ4n) is 4.45. The Labute approximate surface area is 210 Å². The molecule has 0 spiro atoms. The van der Waals surface area contributed by atoms with Gasteiger partial charge in [0, 0.05) is 24.2 Å². The number of nitrogen functional groups attached to an aromatic ring is 1. The molecule has 0 saturated carbocycles. The molecule has 5 heteroatoms. The van der Waals surface area contributed by atoms with E-state index in [9.17, 15) is 9.59 Å². The van der Waals surface area contributed by atoms with Gasteiger partial charge in [-0.05, 0) is 59.0 Å². The van der Waals surface area contributed by atoms with E-state index in [1.165, 1.54) is 0 Å². The minimum atomic E-state index is -0.229. The summed E-state index contributed by atoms with van der Waals surface area (Å²) in [7, 11) is 0. The van der Waals surface area contributed by atoms with Crippen LogP contribution in [-0.4, -0.2) is 23.3 Å². The number of carbonyl (C=O) groups is 2. The minimum Gasteiger partial charge on any atom is -0.397 e. The second-order valence-corrected chi connectivity index (χ2v) is 8.84. The van der Waals surface area contributed by atoms with Crippen molar-refractivity contribution in [2.24, 2.45) is 0 Å². The van der Waals surface area contributed by atoms with Crippen molar-refractivity contribution in [3.8, 4) is 0 Å². The topological polar surface area (TPSA) is 75.4 Å². The van der Waals surface area contributed by atoms with Crippen LogP contribution in [0.1, 0.15) is 32.6 Å². The highest BCUT2D eigenvalue weighted by atomic mass is 16.2. The molecule has 0 aliphatic carbocycles. The standard InChI is InChI=1S/C31H27N3O2/c32-28-13-7-8-14-29(28)33-30(35)25-16-15-23-17-18-34(21-26(23)20-25)31(36)27(24-11-5-2-6-12-24)19-22-9-3-1-4-10-22/h1-16,19-20H,17-18,21,32H2,(H,33,35)/b27-19-. The molecule has 4 aromatic carbocycles. The van der Waals surface area contributed by atoms with Crippen LogP contribution in [0.4, 0.5) is 11.4 Å². The van der Waals surface area contributed by atoms with Crippen molar-refractivity contribution >= 4 is 34.8 Å². The summed E-state index contributed by atoms with van der Waals surface area (Å²) >= 11 is 0. The maximum absolute atomic E-state index is 13.8. The first-order chi connectivity index (χ1) is 17.6. The van der Waals surface area contributed by atoms with Gasteiger partial charge in [-0.1, -0.05) is 78.9 Å². The first-order valence-corrected chi connectivity index (χ1v) is 12.0. The molecule has 4 aromatic rings. The number of fused-ring (bicyclic) bond motifs is 1. The molecule has 0 unspecified atom stereocenters. The van der Waals surface area contributed by atoms with E-state index >= 15 is 0 Å². The van der Waals surface area contributed by atoms with E-state index in [1.54, 1.807) is 12.1 Å². The first-order valence-electron chi connectivity index (χ1n) is 12.0. The van der Waals surface area contributed by atoms with Gasteiger partial charge >= 0.3 is 0 Å². The molecule has 0 bridgehead atoms. The number of nitrogens with one attached hydrogen (secondary N) is 1. The largest absolute Gasteiger partial charge is 0.397 e. The zero-order valence-corrected chi connectivity index (χ0v) is 19.9. The highest BCUT2D eigenvalue weighted by molar-refractivity contribution is 6.24. The smallest absolute Gasteiger partial charge is 0.255 e. The lowest BCUT2D eigenvalue weighted by Crippen LogP contribution is -2.36. The second kappa shape index (κ2) is 10.3. The summed E-state index contributed by atoms with van der Waals surface area (Å²) in [4.78, 5) is 28.5. The van der Waals surface area contributed by atoms with Gasteiger partial charge < -0.3 is 16.0 Å². The van der Waals surface area contributed by atoms with Crippen LogP contribution in [0.25, 0.3) is 11.6 Å². The number of carbonyl (C=O) groups excluding carboxylic acids is 2. The van der Waals surface area contributed by atoms with Crippen LogP contribution < -0.4 is 11.1 Å². The molecule has 1 aliphatic rings. The maximum atomic E-state index is 13.8. The zero-order chi connectivity index (χ0) is 24.9. The Hall–Kier alpha value is -4.64. The van der Waals surface area contributed by atoms with Gasteiger partial charge in [0.2, 0.25) is 0 Å². The molecule has 1 heterocycles. The van der Waals surface area contributed by atoms with E-state index in [0.717, 1.165) is 28.7 Å². The van der Waals surface area contributed by atoms with E-state index in [0.29, 0.717) is 35.6 Å². The monoisotopic (exact) mass is 473 g/mol. The molecule has 0 aromatic heterocycles. The third-order valence-electron chi connectivity index (χ3n) is 6.40. The lowest BCUT2D eigenvalue weighted by Gasteiger charge is -2.30. The average Bonchev–Trinajstić information content (AvgIpc) is 2.93. The Morgan fingerprint density at radius 1 is 0.778 bits per heavy atom. The number of nitrogens with two attached hydrogens (primary N) is 1. The van der Waals surface area contributed by atoms with E-state index in [-0.39, 0.29) is 11.8 Å². The van der Waals surface area contributed by atoms with Gasteiger partial charge in [-0.2, -0.15) is 0 Å². The van der Waals surface area contributed by atoms with Crippen molar-refractivity contribution in [3.05, 3.63) is 131 Å². The maximum Gasteiger partial charge on any atom is 0.255 e. The Morgan fingerprint density at radius 2 is 1.47 bits per heavy atom. The van der Waals surface area contributed by atoms with Gasteiger partial charge in [-0.25, -0.2) is 0 Å². The van der Waals surface area contributed by atoms with Gasteiger partial charge in [0.05, 0.1) is 11.4 Å². The summed E-state index contributed by atoms with van der Waals surface area (Å²) in [5, 5.41) is 2.88. The summed E-state index contributed by atoms with van der Waals surface area (Å²) in [5.41, 5.74) is 12.2. The summed E-state index contributed by atoms with van der Waals surface area (Å²) in [6.45, 7) is 1.07. The molecule has 3 N–H and O–H groups in total. The number of nitrogens with zero attached hydrogens (tertiary/aromatic N) is 1. The molecule has 0 radical (unpaired) electrons. The molecule has 2 amide bonds. The number of rotatable bonds is 5. The van der Waals surface area contributed by atoms with Crippen LogP contribution in [0.15, 0.2) is 103 Å². The van der Waals surface area contributed by atoms with Crippen molar-refractivity contribution < 1.29 is 9.59 Å². The van der Waals surface area contributed by atoms with Crippen molar-refractivity contribution in [1.29, 1.82) is 0 Å². The van der Waals surface area contributed by atoms with Crippen LogP contribution in [0.5, 0.6) is 0 Å². The molecule has 0 fully saturated rings. The normalized spacial score (nSPS) is 13.1. The summed E-state index contributed by atoms with van der Waals surface area (Å²) in [6.07, 6.45) is 2.68. The number of amides is 2. The van der Waals surface area contributed by atoms with Crippen molar-refractivity contribution in [2.45, 2.75) is 13.0 Å². The van der Waals surface area contributed by atoms with Crippen molar-refractivity contribution in [1.82, 2.24) is 4.90 Å². The molecule has 0 saturated heterocycles. The zero-order valence-electron chi connectivity index (χ0n) is 19.9. The van der Waals surface area contributed by atoms with Gasteiger partial charge in [0.15, 0.2) is 0 Å². The Balaban J connectivity index is 1.40. The van der Waals surface area contributed by atoms with Gasteiger partial charge in [-0.3, -0.25) is 9.59 Å². The molecular formula is C31H27N3O2. The van der Waals surface area contributed by atoms with Crippen LogP contribution in [-0.2, 0) is 17.8 Å². The van der Waals surface area contributed by atoms with Gasteiger partial charge in [-0.15, -0.1) is 0 Å². The average molecular weight is 474 g/mol. The third-order valence-corrected chi connectivity index (χ3v) is 6.40. The van der Waals surface area contributed by atoms with Crippen LogP contribution >= 0.6 is 0 Å². The molecule has 36 heavy (non-hydrogen) atoms. The number of hydrogen-bond acceptors (Lipinski definition) is 3. The second-order valence-electron chi connectivity index (χ2n) is 8.84. The Kier molecular flexibility index (Phi) is 6.63. The van der Waals surface area contributed by atoms with Crippen molar-refractivity contribution in [2.75, 3.05) is 17.6 Å². The quantitative estimate of drug-likeness (QED) is 0.224. The fraction of sp³-hybridized carbons (Fsp3) is 0.0968. The van der Waals surface area contributed by atoms with Gasteiger partial charge in [0.1, 0.15) is 0 Å². The lowest BCUT2D eigenvalue weighted by atomic mass is 9.95. The van der Waals surface area contributed by atoms with Crippen LogP contribution in [0.2, 0.25) is 0 Å². The van der Waals surface area contributed by atoms with E-state index in [1.807, 2.05) is 102 Å². The first kappa shape index (κ1) is 23.1. The van der Waals surface area contributed by atoms with E-state index < -0.39 is 0 Å². The van der Waals surface area contributed by atoms with Crippen LogP contribution in [0, 0.1) is 0 Å². The predicted molar refractivity (Wildman–Crippen MR) is 145 cm³/mol. The SMILES string of the molecule is Nc1ccccc1NC(=O)c1ccc2c(c1)CN(C(=O)/C(=C\c1ccccc1)c1ccccc1)CC2. The lowest BCUT2D eigenvalue weighted by molar-refractivity contribution is -0.125. The number of benzene rings is 4. The fourth-order valence-corrected chi connectivity index (χ4v) is 4.45. The van der Waals surface area contributed by atoms with Gasteiger partial charge in [0.25, 0.3) is 11.8 Å². The van der Waals surface area contributed by atoms with E-state index in [4.69, 9.17) is 5.73 Å². The Bertz CT molecular complexity index is 1430. The molecule has 0 atom stereocenters. The number of hydrogen-bond donors (Lipinski definition) is 2. The van der Waals surface area contributed by atoms with Crippen molar-refractivity contribution in [3.63, 3.8) is 0 Å². The number of para-hydroxylation sites is 2. The summed E-state index contributed by atoms with van der Waals surface area (Å²) < 4.78 is 0. The molecule has 1 aliphatic heterocycles. The Morgan fingerprint density at radius 3 is 2.22 bits per heavy atom. The summed E-state index contributed by atoms with van der Waals surface area (Å²) in [6, 6.07) is 32.5. The highest BCUT2D eigenvalue weighted by Gasteiger charge is 2.25. The predicted octanol–water partition coefficient (Wildman–Crippen LogP) is 5.65. The molecule has 178 valence electrons. The third kappa shape index (κ3) is 5.05. The van der Waals surface area contributed by atoms with Crippen LogP contribution in [0.3, 0.4) is 0 Å². The number of anilines is 2. The highest BCUT2D eigenvalue weighted by Crippen LogP contribution is 2.27. The molecule has 5 rings (SSSR count).